The molecule has 0 saturated heterocycles. The highest BCUT2D eigenvalue weighted by molar-refractivity contribution is 5.92. The van der Waals surface area contributed by atoms with Gasteiger partial charge in [-0.15, -0.1) is 0 Å². The van der Waals surface area contributed by atoms with Gasteiger partial charge in [-0.1, -0.05) is 18.2 Å². The smallest absolute Gasteiger partial charge is 0.269 e. The Morgan fingerprint density at radius 2 is 2.16 bits per heavy atom. The van der Waals surface area contributed by atoms with Crippen molar-refractivity contribution < 1.29 is 4.79 Å². The maximum atomic E-state index is 12.1. The van der Waals surface area contributed by atoms with Gasteiger partial charge in [0.1, 0.15) is 5.69 Å². The minimum absolute atomic E-state index is 0.134. The van der Waals surface area contributed by atoms with Crippen LogP contribution in [-0.2, 0) is 13.1 Å². The van der Waals surface area contributed by atoms with Crippen LogP contribution in [0.1, 0.15) is 28.7 Å². The zero-order chi connectivity index (χ0) is 13.8. The summed E-state index contributed by atoms with van der Waals surface area (Å²) in [6.07, 6.45) is 0. The van der Waals surface area contributed by atoms with Gasteiger partial charge in [0.25, 0.3) is 5.91 Å². The Morgan fingerprint density at radius 3 is 2.84 bits per heavy atom. The average Bonchev–Trinajstić information content (AvgIpc) is 2.79. The molecule has 100 valence electrons. The summed E-state index contributed by atoms with van der Waals surface area (Å²) in [7, 11) is 0. The number of aryl methyl sites for hydroxylation is 2. The first kappa shape index (κ1) is 13.1. The van der Waals surface area contributed by atoms with E-state index in [9.17, 15) is 4.79 Å². The number of hydrogen-bond donors (Lipinski definition) is 2. The van der Waals surface area contributed by atoms with Gasteiger partial charge in [-0.3, -0.25) is 9.48 Å². The summed E-state index contributed by atoms with van der Waals surface area (Å²) in [6.45, 7) is 4.92. The number of nitrogens with zero attached hydrogens (tertiary/aromatic N) is 2. The number of rotatable bonds is 4. The molecule has 1 heterocycles. The van der Waals surface area contributed by atoms with E-state index in [1.54, 1.807) is 10.7 Å². The van der Waals surface area contributed by atoms with Crippen molar-refractivity contribution in [2.24, 2.45) is 0 Å². The second-order valence-corrected chi connectivity index (χ2v) is 4.37. The van der Waals surface area contributed by atoms with E-state index in [0.29, 0.717) is 24.5 Å². The van der Waals surface area contributed by atoms with Crippen LogP contribution in [-0.4, -0.2) is 15.7 Å². The molecule has 0 radical (unpaired) electrons. The molecule has 0 bridgehead atoms. The number of nitrogen functional groups attached to an aromatic ring is 1. The second-order valence-electron chi connectivity index (χ2n) is 4.37. The van der Waals surface area contributed by atoms with E-state index in [1.165, 1.54) is 0 Å². The third kappa shape index (κ3) is 2.93. The maximum Gasteiger partial charge on any atom is 0.269 e. The molecule has 0 fully saturated rings. The molecular weight excluding hydrogens is 240 g/mol. The molecular formula is C14H18N4O. The Hall–Kier alpha value is -2.30. The number of aromatic nitrogens is 2. The number of carbonyl (C=O) groups is 1. The van der Waals surface area contributed by atoms with Crippen LogP contribution < -0.4 is 11.1 Å². The number of benzene rings is 1. The quantitative estimate of drug-likeness (QED) is 0.820. The van der Waals surface area contributed by atoms with Gasteiger partial charge >= 0.3 is 0 Å². The van der Waals surface area contributed by atoms with Crippen molar-refractivity contribution in [3.8, 4) is 0 Å². The number of anilines is 1. The molecule has 0 aliphatic heterocycles. The van der Waals surface area contributed by atoms with Crippen molar-refractivity contribution in [2.45, 2.75) is 26.9 Å². The van der Waals surface area contributed by atoms with Crippen LogP contribution >= 0.6 is 0 Å². The lowest BCUT2D eigenvalue weighted by Crippen LogP contribution is -2.26. The summed E-state index contributed by atoms with van der Waals surface area (Å²) >= 11 is 0. The van der Waals surface area contributed by atoms with Crippen LogP contribution in [0.3, 0.4) is 0 Å². The molecule has 19 heavy (non-hydrogen) atoms. The zero-order valence-electron chi connectivity index (χ0n) is 11.2. The SMILES string of the molecule is CCn1nc(C)cc1C(=O)NCc1ccccc1N. The van der Waals surface area contributed by atoms with Crippen molar-refractivity contribution in [3.63, 3.8) is 0 Å². The van der Waals surface area contributed by atoms with Gasteiger partial charge in [-0.05, 0) is 31.5 Å². The highest BCUT2D eigenvalue weighted by atomic mass is 16.2. The fraction of sp³-hybridized carbons (Fsp3) is 0.286. The van der Waals surface area contributed by atoms with Gasteiger partial charge in [-0.2, -0.15) is 5.10 Å². The molecule has 5 nitrogen and oxygen atoms in total. The molecule has 0 aliphatic rings. The first-order valence-electron chi connectivity index (χ1n) is 6.28. The van der Waals surface area contributed by atoms with E-state index >= 15 is 0 Å². The number of amides is 1. The van der Waals surface area contributed by atoms with E-state index in [-0.39, 0.29) is 5.91 Å². The molecule has 2 aromatic rings. The molecule has 1 aromatic heterocycles. The monoisotopic (exact) mass is 258 g/mol. The van der Waals surface area contributed by atoms with Crippen molar-refractivity contribution in [2.75, 3.05) is 5.73 Å². The van der Waals surface area contributed by atoms with E-state index < -0.39 is 0 Å². The number of hydrogen-bond acceptors (Lipinski definition) is 3. The predicted octanol–water partition coefficient (Wildman–Crippen LogP) is 1.72. The van der Waals surface area contributed by atoms with Gasteiger partial charge in [0, 0.05) is 18.8 Å². The molecule has 1 aromatic carbocycles. The molecule has 0 unspecified atom stereocenters. The molecule has 0 atom stereocenters. The number of carbonyl (C=O) groups excluding carboxylic acids is 1. The molecule has 0 saturated carbocycles. The van der Waals surface area contributed by atoms with Crippen LogP contribution in [0.5, 0.6) is 0 Å². The van der Waals surface area contributed by atoms with Gasteiger partial charge < -0.3 is 11.1 Å². The van der Waals surface area contributed by atoms with E-state index in [0.717, 1.165) is 11.3 Å². The predicted molar refractivity (Wildman–Crippen MR) is 74.7 cm³/mol. The minimum atomic E-state index is -0.134. The lowest BCUT2D eigenvalue weighted by atomic mass is 10.2. The maximum absolute atomic E-state index is 12.1. The Kier molecular flexibility index (Phi) is 3.85. The fourth-order valence-corrected chi connectivity index (χ4v) is 1.93. The highest BCUT2D eigenvalue weighted by Gasteiger charge is 2.12. The number of nitrogens with one attached hydrogen (secondary N) is 1. The van der Waals surface area contributed by atoms with Gasteiger partial charge in [0.2, 0.25) is 0 Å². The number of nitrogens with two attached hydrogens (primary N) is 1. The third-order valence-corrected chi connectivity index (χ3v) is 2.93. The molecule has 0 spiro atoms. The van der Waals surface area contributed by atoms with Crippen LogP contribution in [0, 0.1) is 6.92 Å². The lowest BCUT2D eigenvalue weighted by molar-refractivity contribution is 0.0940. The van der Waals surface area contributed by atoms with E-state index in [2.05, 4.69) is 10.4 Å². The van der Waals surface area contributed by atoms with Crippen molar-refractivity contribution in [1.82, 2.24) is 15.1 Å². The lowest BCUT2D eigenvalue weighted by Gasteiger charge is -2.08. The highest BCUT2D eigenvalue weighted by Crippen LogP contribution is 2.10. The third-order valence-electron chi connectivity index (χ3n) is 2.93. The van der Waals surface area contributed by atoms with Crippen LogP contribution in [0.15, 0.2) is 30.3 Å². The van der Waals surface area contributed by atoms with Gasteiger partial charge in [0.15, 0.2) is 0 Å². The molecule has 3 N–H and O–H groups in total. The van der Waals surface area contributed by atoms with Crippen molar-refractivity contribution in [3.05, 3.63) is 47.3 Å². The van der Waals surface area contributed by atoms with Crippen molar-refractivity contribution >= 4 is 11.6 Å². The summed E-state index contributed by atoms with van der Waals surface area (Å²) in [6, 6.07) is 9.28. The Morgan fingerprint density at radius 1 is 1.42 bits per heavy atom. The Labute approximate surface area is 112 Å². The standard InChI is InChI=1S/C14H18N4O/c1-3-18-13(8-10(2)17-18)14(19)16-9-11-6-4-5-7-12(11)15/h4-8H,3,9,15H2,1-2H3,(H,16,19). The van der Waals surface area contributed by atoms with E-state index in [4.69, 9.17) is 5.73 Å². The summed E-state index contributed by atoms with van der Waals surface area (Å²) in [4.78, 5) is 12.1. The zero-order valence-corrected chi connectivity index (χ0v) is 11.2. The Bertz CT molecular complexity index is 589. The van der Waals surface area contributed by atoms with E-state index in [1.807, 2.05) is 38.1 Å². The van der Waals surface area contributed by atoms with Crippen LogP contribution in [0.4, 0.5) is 5.69 Å². The topological polar surface area (TPSA) is 72.9 Å². The average molecular weight is 258 g/mol. The number of para-hydroxylation sites is 1. The minimum Gasteiger partial charge on any atom is -0.398 e. The Balaban J connectivity index is 2.07. The second kappa shape index (κ2) is 5.56. The van der Waals surface area contributed by atoms with Gasteiger partial charge in [0.05, 0.1) is 5.69 Å². The van der Waals surface area contributed by atoms with Crippen molar-refractivity contribution in [1.29, 1.82) is 0 Å². The normalized spacial score (nSPS) is 10.4. The first-order chi connectivity index (χ1) is 9.11. The largest absolute Gasteiger partial charge is 0.398 e. The van der Waals surface area contributed by atoms with Gasteiger partial charge in [-0.25, -0.2) is 0 Å². The molecule has 0 aliphatic carbocycles. The van der Waals surface area contributed by atoms with Crippen LogP contribution in [0.2, 0.25) is 0 Å². The molecule has 1 amide bonds. The summed E-state index contributed by atoms with van der Waals surface area (Å²) < 4.78 is 1.69. The summed E-state index contributed by atoms with van der Waals surface area (Å²) in [5, 5.41) is 7.12. The summed E-state index contributed by atoms with van der Waals surface area (Å²) in [5.41, 5.74) is 8.85. The fourth-order valence-electron chi connectivity index (χ4n) is 1.93. The first-order valence-corrected chi connectivity index (χ1v) is 6.28. The molecule has 5 heteroatoms. The molecule has 2 rings (SSSR count). The summed E-state index contributed by atoms with van der Waals surface area (Å²) in [5.74, 6) is -0.134. The van der Waals surface area contributed by atoms with Crippen LogP contribution in [0.25, 0.3) is 0 Å².